The molecule has 0 saturated carbocycles. The van der Waals surface area contributed by atoms with Gasteiger partial charge in [-0.2, -0.15) is 5.10 Å². The molecule has 0 bridgehead atoms. The number of halogens is 2. The van der Waals surface area contributed by atoms with E-state index in [0.717, 1.165) is 11.1 Å². The predicted molar refractivity (Wildman–Crippen MR) is 122 cm³/mol. The van der Waals surface area contributed by atoms with E-state index < -0.39 is 5.82 Å². The number of carbonyl (C=O) groups is 1. The average Bonchev–Trinajstić information content (AvgIpc) is 3.20. The molecule has 0 amide bonds. The molecule has 3 aromatic rings. The van der Waals surface area contributed by atoms with Gasteiger partial charge in [0, 0.05) is 10.9 Å². The number of hydrazone groups is 1. The molecule has 0 unspecified atom stereocenters. The van der Waals surface area contributed by atoms with Gasteiger partial charge >= 0.3 is 5.97 Å². The van der Waals surface area contributed by atoms with E-state index in [1.165, 1.54) is 29.5 Å². The van der Waals surface area contributed by atoms with Crippen molar-refractivity contribution in [3.8, 4) is 11.5 Å². The average molecular weight is 478 g/mol. The van der Waals surface area contributed by atoms with E-state index >= 15 is 0 Å². The predicted octanol–water partition coefficient (Wildman–Crippen LogP) is 5.07. The Hall–Kier alpha value is -3.17. The van der Waals surface area contributed by atoms with Crippen LogP contribution < -0.4 is 14.9 Å². The number of nitrogens with zero attached hydrogens (tertiary/aromatic N) is 2. The van der Waals surface area contributed by atoms with Crippen molar-refractivity contribution in [3.63, 3.8) is 0 Å². The molecule has 0 aliphatic heterocycles. The topological polar surface area (TPSA) is 82.0 Å². The van der Waals surface area contributed by atoms with E-state index in [0.29, 0.717) is 28.9 Å². The summed E-state index contributed by atoms with van der Waals surface area (Å²) in [6.07, 6.45) is 1.75. The van der Waals surface area contributed by atoms with Gasteiger partial charge in [0.05, 0.1) is 37.1 Å². The van der Waals surface area contributed by atoms with Crippen molar-refractivity contribution in [1.29, 1.82) is 0 Å². The summed E-state index contributed by atoms with van der Waals surface area (Å²) in [5, 5.41) is 6.72. The number of esters is 1. The maximum absolute atomic E-state index is 13.2. The number of nitrogens with one attached hydrogen (secondary N) is 1. The lowest BCUT2D eigenvalue weighted by Gasteiger charge is -2.12. The van der Waals surface area contributed by atoms with Gasteiger partial charge in [0.25, 0.3) is 0 Å². The third kappa shape index (κ3) is 6.66. The van der Waals surface area contributed by atoms with Gasteiger partial charge < -0.3 is 14.2 Å². The fraction of sp³-hybridized carbons (Fsp3) is 0.227. The molecule has 2 aromatic carbocycles. The third-order valence-corrected chi connectivity index (χ3v) is 5.23. The second kappa shape index (κ2) is 11.4. The molecule has 1 N–H and O–H groups in total. The van der Waals surface area contributed by atoms with E-state index in [1.807, 2.05) is 12.1 Å². The molecule has 7 nitrogen and oxygen atoms in total. The number of aromatic nitrogens is 1. The summed E-state index contributed by atoms with van der Waals surface area (Å²) in [7, 11) is 1.56. The monoisotopic (exact) mass is 477 g/mol. The summed E-state index contributed by atoms with van der Waals surface area (Å²) in [5.41, 5.74) is 5.03. The summed E-state index contributed by atoms with van der Waals surface area (Å²) < 4.78 is 29.2. The number of rotatable bonds is 10. The lowest BCUT2D eigenvalue weighted by molar-refractivity contribution is -0.142. The van der Waals surface area contributed by atoms with Crippen LogP contribution in [-0.4, -0.2) is 30.9 Å². The number of methoxy groups -OCH3 is 1. The minimum absolute atomic E-state index is 0.121. The first-order valence-electron chi connectivity index (χ1n) is 9.62. The molecule has 0 fully saturated rings. The van der Waals surface area contributed by atoms with Crippen LogP contribution in [0.5, 0.6) is 11.5 Å². The van der Waals surface area contributed by atoms with Crippen LogP contribution in [0.25, 0.3) is 0 Å². The first-order chi connectivity index (χ1) is 15.5. The quantitative estimate of drug-likeness (QED) is 0.249. The first kappa shape index (κ1) is 23.5. The van der Waals surface area contributed by atoms with Gasteiger partial charge in [0.2, 0.25) is 5.13 Å². The van der Waals surface area contributed by atoms with Crippen LogP contribution in [0.3, 0.4) is 0 Å². The second-order valence-electron chi connectivity index (χ2n) is 6.43. The Morgan fingerprint density at radius 1 is 1.28 bits per heavy atom. The number of benzene rings is 2. The molecule has 0 saturated heterocycles. The number of anilines is 1. The van der Waals surface area contributed by atoms with Gasteiger partial charge in [0.1, 0.15) is 23.9 Å². The van der Waals surface area contributed by atoms with Crippen molar-refractivity contribution in [2.45, 2.75) is 20.0 Å². The Labute approximate surface area is 193 Å². The molecule has 32 heavy (non-hydrogen) atoms. The molecule has 3 rings (SSSR count). The Balaban J connectivity index is 1.62. The number of hydrogen-bond acceptors (Lipinski definition) is 8. The highest BCUT2D eigenvalue weighted by Crippen LogP contribution is 2.27. The van der Waals surface area contributed by atoms with E-state index in [4.69, 9.17) is 25.8 Å². The van der Waals surface area contributed by atoms with Crippen LogP contribution in [0.15, 0.2) is 46.9 Å². The molecule has 10 heteroatoms. The highest BCUT2D eigenvalue weighted by Gasteiger charge is 2.09. The summed E-state index contributed by atoms with van der Waals surface area (Å²) in [5.74, 6) is 0.261. The Morgan fingerprint density at radius 3 is 2.84 bits per heavy atom. The normalized spacial score (nSPS) is 10.9. The smallest absolute Gasteiger partial charge is 0.311 e. The highest BCUT2D eigenvalue weighted by molar-refractivity contribution is 7.13. The van der Waals surface area contributed by atoms with E-state index in [2.05, 4.69) is 15.5 Å². The zero-order valence-electron chi connectivity index (χ0n) is 17.4. The van der Waals surface area contributed by atoms with E-state index in [1.54, 1.807) is 31.7 Å². The molecule has 168 valence electrons. The van der Waals surface area contributed by atoms with Crippen LogP contribution in [0.4, 0.5) is 9.52 Å². The Bertz CT molecular complexity index is 1110. The fourth-order valence-corrected chi connectivity index (χ4v) is 3.58. The van der Waals surface area contributed by atoms with Crippen molar-refractivity contribution in [2.24, 2.45) is 5.10 Å². The van der Waals surface area contributed by atoms with Gasteiger partial charge in [-0.3, -0.25) is 10.2 Å². The molecule has 0 spiro atoms. The maximum atomic E-state index is 13.2. The second-order valence-corrected chi connectivity index (χ2v) is 7.70. The molecule has 1 heterocycles. The molecule has 0 atom stereocenters. The van der Waals surface area contributed by atoms with Crippen molar-refractivity contribution < 1.29 is 23.4 Å². The molecule has 0 aliphatic carbocycles. The number of carbonyl (C=O) groups excluding carboxylic acids is 1. The molecule has 0 radical (unpaired) electrons. The van der Waals surface area contributed by atoms with Crippen molar-refractivity contribution in [1.82, 2.24) is 4.98 Å². The zero-order chi connectivity index (χ0) is 22.9. The summed E-state index contributed by atoms with van der Waals surface area (Å²) in [4.78, 5) is 15.8. The molecular formula is C22H21ClFN3O4S. The van der Waals surface area contributed by atoms with Crippen LogP contribution in [0.1, 0.15) is 23.7 Å². The maximum Gasteiger partial charge on any atom is 0.311 e. The number of ether oxygens (including phenoxy) is 3. The standard InChI is InChI=1S/C22H21ClFN3O4S/c1-3-30-21(28)10-17-13-32-22(26-17)27-25-11-14-4-6-19(29-2)15(8-14)12-31-20-7-5-16(24)9-18(20)23/h4-9,11,13H,3,10,12H2,1-2H3,(H,26,27). The summed E-state index contributed by atoms with van der Waals surface area (Å²) in [6, 6.07) is 9.45. The van der Waals surface area contributed by atoms with Crippen LogP contribution >= 0.6 is 22.9 Å². The van der Waals surface area contributed by atoms with Crippen LogP contribution in [-0.2, 0) is 22.6 Å². The Kier molecular flexibility index (Phi) is 8.41. The lowest BCUT2D eigenvalue weighted by atomic mass is 10.1. The van der Waals surface area contributed by atoms with Crippen molar-refractivity contribution >= 4 is 40.3 Å². The summed E-state index contributed by atoms with van der Waals surface area (Å²) >= 11 is 7.36. The van der Waals surface area contributed by atoms with Gasteiger partial charge in [0.15, 0.2) is 0 Å². The largest absolute Gasteiger partial charge is 0.496 e. The van der Waals surface area contributed by atoms with Gasteiger partial charge in [-0.1, -0.05) is 11.6 Å². The van der Waals surface area contributed by atoms with Gasteiger partial charge in [-0.25, -0.2) is 9.37 Å². The molecular weight excluding hydrogens is 457 g/mol. The molecule has 1 aromatic heterocycles. The number of thiazole rings is 1. The van der Waals surface area contributed by atoms with Crippen molar-refractivity contribution in [2.75, 3.05) is 19.1 Å². The molecule has 0 aliphatic rings. The van der Waals surface area contributed by atoms with Gasteiger partial charge in [-0.15, -0.1) is 11.3 Å². The van der Waals surface area contributed by atoms with Crippen molar-refractivity contribution in [3.05, 3.63) is 69.4 Å². The van der Waals surface area contributed by atoms with Crippen LogP contribution in [0, 0.1) is 5.82 Å². The van der Waals surface area contributed by atoms with E-state index in [9.17, 15) is 9.18 Å². The third-order valence-electron chi connectivity index (χ3n) is 4.14. The Morgan fingerprint density at radius 2 is 2.09 bits per heavy atom. The zero-order valence-corrected chi connectivity index (χ0v) is 19.0. The highest BCUT2D eigenvalue weighted by atomic mass is 35.5. The minimum atomic E-state index is -0.432. The first-order valence-corrected chi connectivity index (χ1v) is 10.9. The number of hydrogen-bond donors (Lipinski definition) is 1. The van der Waals surface area contributed by atoms with Crippen LogP contribution in [0.2, 0.25) is 5.02 Å². The summed E-state index contributed by atoms with van der Waals surface area (Å²) in [6.45, 7) is 2.27. The SMILES string of the molecule is CCOC(=O)Cc1csc(NN=Cc2ccc(OC)c(COc3ccc(F)cc3Cl)c2)n1. The minimum Gasteiger partial charge on any atom is -0.496 e. The lowest BCUT2D eigenvalue weighted by Crippen LogP contribution is -2.07. The van der Waals surface area contributed by atoms with Gasteiger partial charge in [-0.05, 0) is 48.9 Å². The van der Waals surface area contributed by atoms with E-state index in [-0.39, 0.29) is 24.0 Å². The fourth-order valence-electron chi connectivity index (χ4n) is 2.70.